The summed E-state index contributed by atoms with van der Waals surface area (Å²) in [6, 6.07) is 0. The molecular weight excluding hydrogens is 164 g/mol. The fourth-order valence-electron chi connectivity index (χ4n) is 2.00. The van der Waals surface area contributed by atoms with Crippen LogP contribution in [0, 0.1) is 5.92 Å². The molecule has 1 rings (SSSR count). The molecule has 0 aromatic carbocycles. The van der Waals surface area contributed by atoms with Crippen LogP contribution in [0.4, 0.5) is 0 Å². The van der Waals surface area contributed by atoms with Crippen LogP contribution in [0.25, 0.3) is 0 Å². The first kappa shape index (κ1) is 10.5. The van der Waals surface area contributed by atoms with Crippen LogP contribution in [0.5, 0.6) is 0 Å². The van der Waals surface area contributed by atoms with E-state index in [0.717, 1.165) is 12.8 Å². The number of hydrogen-bond acceptors (Lipinski definition) is 2. The third-order valence-corrected chi connectivity index (χ3v) is 3.12. The van der Waals surface area contributed by atoms with E-state index in [-0.39, 0.29) is 11.7 Å². The van der Waals surface area contributed by atoms with Crippen molar-refractivity contribution in [2.45, 2.75) is 45.1 Å². The third-order valence-electron chi connectivity index (χ3n) is 3.12. The Hall–Kier alpha value is -0.630. The first-order valence-corrected chi connectivity index (χ1v) is 5.06. The molecule has 0 fully saturated rings. The zero-order valence-electron chi connectivity index (χ0n) is 8.42. The average Bonchev–Trinajstić information content (AvgIpc) is 2.17. The molecule has 0 spiro atoms. The zero-order chi connectivity index (χ0) is 9.90. The van der Waals surface area contributed by atoms with E-state index in [0.29, 0.717) is 12.8 Å². The van der Waals surface area contributed by atoms with Crippen molar-refractivity contribution < 1.29 is 9.90 Å². The SMILES string of the molecule is CCC(O)(CC)C1CCC=CC1=O. The number of ketones is 1. The molecule has 1 atom stereocenters. The lowest BCUT2D eigenvalue weighted by Crippen LogP contribution is -2.41. The Bertz CT molecular complexity index is 214. The molecule has 0 radical (unpaired) electrons. The summed E-state index contributed by atoms with van der Waals surface area (Å²) in [4.78, 5) is 11.5. The number of carbonyl (C=O) groups excluding carboxylic acids is 1. The minimum Gasteiger partial charge on any atom is -0.389 e. The average molecular weight is 182 g/mol. The van der Waals surface area contributed by atoms with Gasteiger partial charge in [-0.3, -0.25) is 4.79 Å². The number of allylic oxidation sites excluding steroid dienone is 2. The van der Waals surface area contributed by atoms with Crippen molar-refractivity contribution in [1.29, 1.82) is 0 Å². The van der Waals surface area contributed by atoms with E-state index in [2.05, 4.69) is 0 Å². The quantitative estimate of drug-likeness (QED) is 0.725. The molecule has 1 unspecified atom stereocenters. The van der Waals surface area contributed by atoms with Crippen LogP contribution in [-0.4, -0.2) is 16.5 Å². The van der Waals surface area contributed by atoms with E-state index in [9.17, 15) is 9.90 Å². The number of carbonyl (C=O) groups is 1. The predicted molar refractivity (Wildman–Crippen MR) is 52.4 cm³/mol. The van der Waals surface area contributed by atoms with E-state index >= 15 is 0 Å². The summed E-state index contributed by atoms with van der Waals surface area (Å²) in [6.45, 7) is 3.88. The second kappa shape index (κ2) is 4.05. The second-order valence-electron chi connectivity index (χ2n) is 3.75. The number of hydrogen-bond donors (Lipinski definition) is 1. The van der Waals surface area contributed by atoms with Gasteiger partial charge >= 0.3 is 0 Å². The van der Waals surface area contributed by atoms with Crippen LogP contribution in [-0.2, 0) is 4.79 Å². The maximum atomic E-state index is 11.5. The highest BCUT2D eigenvalue weighted by Gasteiger charge is 2.37. The highest BCUT2D eigenvalue weighted by atomic mass is 16.3. The van der Waals surface area contributed by atoms with Crippen LogP contribution in [0.3, 0.4) is 0 Å². The molecule has 13 heavy (non-hydrogen) atoms. The predicted octanol–water partition coefficient (Wildman–Crippen LogP) is 2.07. The first-order valence-electron chi connectivity index (χ1n) is 5.06. The Kier molecular flexibility index (Phi) is 3.26. The van der Waals surface area contributed by atoms with Crippen molar-refractivity contribution in [3.63, 3.8) is 0 Å². The minimum atomic E-state index is -0.776. The summed E-state index contributed by atoms with van der Waals surface area (Å²) in [5, 5.41) is 10.2. The zero-order valence-corrected chi connectivity index (χ0v) is 8.42. The van der Waals surface area contributed by atoms with Crippen molar-refractivity contribution in [3.05, 3.63) is 12.2 Å². The van der Waals surface area contributed by atoms with Gasteiger partial charge in [-0.25, -0.2) is 0 Å². The van der Waals surface area contributed by atoms with Gasteiger partial charge in [-0.05, 0) is 31.8 Å². The summed E-state index contributed by atoms with van der Waals surface area (Å²) in [5.41, 5.74) is -0.776. The molecule has 0 saturated heterocycles. The van der Waals surface area contributed by atoms with Crippen molar-refractivity contribution in [3.8, 4) is 0 Å². The van der Waals surface area contributed by atoms with Crippen molar-refractivity contribution in [1.82, 2.24) is 0 Å². The van der Waals surface area contributed by atoms with Gasteiger partial charge in [-0.2, -0.15) is 0 Å². The van der Waals surface area contributed by atoms with E-state index in [1.807, 2.05) is 19.9 Å². The Balaban J connectivity index is 2.80. The Labute approximate surface area is 79.6 Å². The van der Waals surface area contributed by atoms with E-state index in [4.69, 9.17) is 0 Å². The smallest absolute Gasteiger partial charge is 0.161 e. The fourth-order valence-corrected chi connectivity index (χ4v) is 2.00. The summed E-state index contributed by atoms with van der Waals surface area (Å²) in [6.07, 6.45) is 6.54. The summed E-state index contributed by atoms with van der Waals surface area (Å²) >= 11 is 0. The normalized spacial score (nSPS) is 23.6. The highest BCUT2D eigenvalue weighted by Crippen LogP contribution is 2.32. The van der Waals surface area contributed by atoms with Crippen LogP contribution in [0.2, 0.25) is 0 Å². The molecule has 0 aliphatic heterocycles. The van der Waals surface area contributed by atoms with Crippen molar-refractivity contribution in [2.24, 2.45) is 5.92 Å². The van der Waals surface area contributed by atoms with Gasteiger partial charge in [0.15, 0.2) is 5.78 Å². The molecule has 0 heterocycles. The molecule has 1 N–H and O–H groups in total. The van der Waals surface area contributed by atoms with Crippen LogP contribution < -0.4 is 0 Å². The molecule has 1 aliphatic rings. The Morgan fingerprint density at radius 3 is 2.62 bits per heavy atom. The lowest BCUT2D eigenvalue weighted by molar-refractivity contribution is -0.129. The van der Waals surface area contributed by atoms with E-state index < -0.39 is 5.60 Å². The highest BCUT2D eigenvalue weighted by molar-refractivity contribution is 5.93. The topological polar surface area (TPSA) is 37.3 Å². The third kappa shape index (κ3) is 1.99. The summed E-state index contributed by atoms with van der Waals surface area (Å²) < 4.78 is 0. The van der Waals surface area contributed by atoms with Crippen LogP contribution in [0.1, 0.15) is 39.5 Å². The largest absolute Gasteiger partial charge is 0.389 e. The monoisotopic (exact) mass is 182 g/mol. The Morgan fingerprint density at radius 1 is 1.54 bits per heavy atom. The molecule has 2 heteroatoms. The number of rotatable bonds is 3. The van der Waals surface area contributed by atoms with Gasteiger partial charge in [-0.15, -0.1) is 0 Å². The number of aliphatic hydroxyl groups is 1. The molecule has 0 saturated carbocycles. The van der Waals surface area contributed by atoms with E-state index in [1.54, 1.807) is 6.08 Å². The van der Waals surface area contributed by atoms with Gasteiger partial charge in [-0.1, -0.05) is 19.9 Å². The van der Waals surface area contributed by atoms with Gasteiger partial charge in [0.2, 0.25) is 0 Å². The van der Waals surface area contributed by atoms with E-state index in [1.165, 1.54) is 0 Å². The van der Waals surface area contributed by atoms with Crippen molar-refractivity contribution in [2.75, 3.05) is 0 Å². The first-order chi connectivity index (χ1) is 6.14. The summed E-state index contributed by atoms with van der Waals surface area (Å²) in [5.74, 6) is -0.0787. The fraction of sp³-hybridized carbons (Fsp3) is 0.727. The molecule has 0 aromatic heterocycles. The maximum absolute atomic E-state index is 11.5. The van der Waals surface area contributed by atoms with Gasteiger partial charge in [0.25, 0.3) is 0 Å². The maximum Gasteiger partial charge on any atom is 0.161 e. The Morgan fingerprint density at radius 2 is 2.15 bits per heavy atom. The standard InChI is InChI=1S/C11H18O2/c1-3-11(13,4-2)9-7-5-6-8-10(9)12/h6,8-9,13H,3-5,7H2,1-2H3. The second-order valence-corrected chi connectivity index (χ2v) is 3.75. The summed E-state index contributed by atoms with van der Waals surface area (Å²) in [7, 11) is 0. The molecular formula is C11H18O2. The van der Waals surface area contributed by atoms with Gasteiger partial charge in [0, 0.05) is 0 Å². The minimum absolute atomic E-state index is 0.0949. The lowest BCUT2D eigenvalue weighted by atomic mass is 9.75. The molecule has 1 aliphatic carbocycles. The van der Waals surface area contributed by atoms with Gasteiger partial charge in [0.1, 0.15) is 0 Å². The molecule has 0 bridgehead atoms. The molecule has 0 amide bonds. The molecule has 74 valence electrons. The van der Waals surface area contributed by atoms with Crippen molar-refractivity contribution >= 4 is 5.78 Å². The molecule has 2 nitrogen and oxygen atoms in total. The van der Waals surface area contributed by atoms with Crippen LogP contribution in [0.15, 0.2) is 12.2 Å². The molecule has 0 aromatic rings. The van der Waals surface area contributed by atoms with Gasteiger partial charge < -0.3 is 5.11 Å². The van der Waals surface area contributed by atoms with Gasteiger partial charge in [0.05, 0.1) is 11.5 Å². The lowest BCUT2D eigenvalue weighted by Gasteiger charge is -2.34. The van der Waals surface area contributed by atoms with Crippen LogP contribution >= 0.6 is 0 Å².